The fraction of sp³-hybridized carbons (Fsp3) is 0.480. The van der Waals surface area contributed by atoms with E-state index in [0.29, 0.717) is 12.5 Å². The van der Waals surface area contributed by atoms with Crippen LogP contribution in [0.3, 0.4) is 0 Å². The van der Waals surface area contributed by atoms with Crippen LogP contribution in [0.5, 0.6) is 5.75 Å². The molecular weight excluding hydrogens is 360 g/mol. The van der Waals surface area contributed by atoms with Crippen molar-refractivity contribution >= 4 is 5.91 Å². The first kappa shape index (κ1) is 21.4. The van der Waals surface area contributed by atoms with Gasteiger partial charge in [0.05, 0.1) is 0 Å². The van der Waals surface area contributed by atoms with E-state index in [0.717, 1.165) is 29.0 Å². The third-order valence-electron chi connectivity index (χ3n) is 5.53. The van der Waals surface area contributed by atoms with Gasteiger partial charge >= 0.3 is 0 Å². The molecule has 1 N–H and O–H groups in total. The molecule has 0 unspecified atom stereocenters. The highest BCUT2D eigenvalue weighted by molar-refractivity contribution is 5.80. The molecular formula is C25H34N2O2. The molecule has 1 heterocycles. The Morgan fingerprint density at radius 2 is 1.79 bits per heavy atom. The van der Waals surface area contributed by atoms with E-state index >= 15 is 0 Å². The number of nitrogens with zero attached hydrogens (tertiary/aromatic N) is 1. The van der Waals surface area contributed by atoms with E-state index in [-0.39, 0.29) is 5.91 Å². The second kappa shape index (κ2) is 9.93. The number of ether oxygens (including phenoxy) is 1. The van der Waals surface area contributed by atoms with Crippen LogP contribution >= 0.6 is 0 Å². The summed E-state index contributed by atoms with van der Waals surface area (Å²) in [7, 11) is 0. The van der Waals surface area contributed by atoms with Crippen LogP contribution in [-0.2, 0) is 17.9 Å². The number of likely N-dealkylation sites (tertiary alicyclic amines) is 1. The number of carbonyl (C=O) groups is 1. The van der Waals surface area contributed by atoms with E-state index in [4.69, 9.17) is 4.74 Å². The largest absolute Gasteiger partial charge is 0.481 e. The maximum atomic E-state index is 12.6. The van der Waals surface area contributed by atoms with Crippen molar-refractivity contribution in [2.24, 2.45) is 0 Å². The Hall–Kier alpha value is -2.33. The number of aryl methyl sites for hydroxylation is 1. The third kappa shape index (κ3) is 6.07. The van der Waals surface area contributed by atoms with Gasteiger partial charge in [-0.25, -0.2) is 0 Å². The standard InChI is InChI=1S/C25H34N2O2/c1-18(2)23-11-10-19(3)14-24(23)29-20(4)25(28)26-16-21-8-7-9-22(15-21)17-27-12-5-6-13-27/h7-11,14-15,18,20H,5-6,12-13,16-17H2,1-4H3,(H,26,28)/t20-/m1/s1. The number of amides is 1. The highest BCUT2D eigenvalue weighted by Crippen LogP contribution is 2.28. The molecule has 4 nitrogen and oxygen atoms in total. The lowest BCUT2D eigenvalue weighted by Crippen LogP contribution is -2.36. The lowest BCUT2D eigenvalue weighted by Gasteiger charge is -2.19. The molecule has 1 aliphatic rings. The van der Waals surface area contributed by atoms with Gasteiger partial charge in [0.25, 0.3) is 5.91 Å². The zero-order valence-electron chi connectivity index (χ0n) is 18.2. The summed E-state index contributed by atoms with van der Waals surface area (Å²) in [4.78, 5) is 15.1. The van der Waals surface area contributed by atoms with Crippen LogP contribution < -0.4 is 10.1 Å². The van der Waals surface area contributed by atoms with Gasteiger partial charge < -0.3 is 10.1 Å². The maximum Gasteiger partial charge on any atom is 0.261 e. The lowest BCUT2D eigenvalue weighted by atomic mass is 10.0. The fourth-order valence-electron chi connectivity index (χ4n) is 3.83. The minimum atomic E-state index is -0.540. The molecule has 4 heteroatoms. The second-order valence-corrected chi connectivity index (χ2v) is 8.48. The minimum Gasteiger partial charge on any atom is -0.481 e. The summed E-state index contributed by atoms with van der Waals surface area (Å²) in [5.74, 6) is 1.06. The number of carbonyl (C=O) groups excluding carboxylic acids is 1. The van der Waals surface area contributed by atoms with E-state index in [1.807, 2.05) is 19.9 Å². The lowest BCUT2D eigenvalue weighted by molar-refractivity contribution is -0.127. The quantitative estimate of drug-likeness (QED) is 0.699. The molecule has 0 bridgehead atoms. The first-order valence-corrected chi connectivity index (χ1v) is 10.8. The van der Waals surface area contributed by atoms with Gasteiger partial charge in [-0.15, -0.1) is 0 Å². The van der Waals surface area contributed by atoms with Gasteiger partial charge in [0.1, 0.15) is 5.75 Å². The molecule has 3 rings (SSSR count). The summed E-state index contributed by atoms with van der Waals surface area (Å²) in [6, 6.07) is 14.7. The van der Waals surface area contributed by atoms with Crippen molar-refractivity contribution in [1.82, 2.24) is 10.2 Å². The Bertz CT molecular complexity index is 825. The summed E-state index contributed by atoms with van der Waals surface area (Å²) in [6.45, 7) is 12.0. The average molecular weight is 395 g/mol. The van der Waals surface area contributed by atoms with E-state index < -0.39 is 6.10 Å². The zero-order valence-corrected chi connectivity index (χ0v) is 18.2. The molecule has 29 heavy (non-hydrogen) atoms. The molecule has 156 valence electrons. The van der Waals surface area contributed by atoms with Crippen LogP contribution in [0.2, 0.25) is 0 Å². The van der Waals surface area contributed by atoms with E-state index in [2.05, 4.69) is 60.5 Å². The molecule has 0 radical (unpaired) electrons. The number of hydrogen-bond donors (Lipinski definition) is 1. The average Bonchev–Trinajstić information content (AvgIpc) is 3.19. The van der Waals surface area contributed by atoms with Crippen LogP contribution in [0.4, 0.5) is 0 Å². The molecule has 1 fully saturated rings. The van der Waals surface area contributed by atoms with Crippen LogP contribution in [0.1, 0.15) is 61.8 Å². The molecule has 2 aromatic rings. The monoisotopic (exact) mass is 394 g/mol. The van der Waals surface area contributed by atoms with E-state index in [1.165, 1.54) is 31.5 Å². The Kier molecular flexibility index (Phi) is 7.32. The van der Waals surface area contributed by atoms with Gasteiger partial charge in [-0.2, -0.15) is 0 Å². The van der Waals surface area contributed by atoms with Gasteiger partial charge in [-0.3, -0.25) is 9.69 Å². The van der Waals surface area contributed by atoms with Crippen LogP contribution in [-0.4, -0.2) is 30.0 Å². The molecule has 2 aromatic carbocycles. The Balaban J connectivity index is 1.56. The summed E-state index contributed by atoms with van der Waals surface area (Å²) < 4.78 is 6.03. The predicted molar refractivity (Wildman–Crippen MR) is 118 cm³/mol. The zero-order chi connectivity index (χ0) is 20.8. The van der Waals surface area contributed by atoms with Crippen molar-refractivity contribution in [2.45, 2.75) is 65.6 Å². The van der Waals surface area contributed by atoms with Crippen LogP contribution in [0.15, 0.2) is 42.5 Å². The topological polar surface area (TPSA) is 41.6 Å². The van der Waals surface area contributed by atoms with Crippen molar-refractivity contribution in [3.8, 4) is 5.75 Å². The molecule has 0 saturated carbocycles. The molecule has 1 atom stereocenters. The van der Waals surface area contributed by atoms with Gasteiger partial charge in [0, 0.05) is 13.1 Å². The fourth-order valence-corrected chi connectivity index (χ4v) is 3.83. The normalized spacial score (nSPS) is 15.5. The number of nitrogens with one attached hydrogen (secondary N) is 1. The number of hydrogen-bond acceptors (Lipinski definition) is 3. The van der Waals surface area contributed by atoms with Gasteiger partial charge in [-0.1, -0.05) is 50.2 Å². The summed E-state index contributed by atoms with van der Waals surface area (Å²) >= 11 is 0. The van der Waals surface area contributed by atoms with Crippen LogP contribution in [0, 0.1) is 6.92 Å². The van der Waals surface area contributed by atoms with Crippen molar-refractivity contribution in [1.29, 1.82) is 0 Å². The Morgan fingerprint density at radius 3 is 2.52 bits per heavy atom. The smallest absolute Gasteiger partial charge is 0.261 e. The Labute approximate surface area is 175 Å². The second-order valence-electron chi connectivity index (χ2n) is 8.48. The SMILES string of the molecule is Cc1ccc(C(C)C)c(O[C@H](C)C(=O)NCc2cccc(CN3CCCC3)c2)c1. The van der Waals surface area contributed by atoms with Crippen molar-refractivity contribution in [3.63, 3.8) is 0 Å². The van der Waals surface area contributed by atoms with Crippen molar-refractivity contribution in [2.75, 3.05) is 13.1 Å². The highest BCUT2D eigenvalue weighted by Gasteiger charge is 2.18. The highest BCUT2D eigenvalue weighted by atomic mass is 16.5. The third-order valence-corrected chi connectivity index (χ3v) is 5.53. The summed E-state index contributed by atoms with van der Waals surface area (Å²) in [6.07, 6.45) is 2.06. The van der Waals surface area contributed by atoms with E-state index in [1.54, 1.807) is 0 Å². The molecule has 0 aromatic heterocycles. The summed E-state index contributed by atoms with van der Waals surface area (Å²) in [5, 5.41) is 3.03. The van der Waals surface area contributed by atoms with Crippen LogP contribution in [0.25, 0.3) is 0 Å². The first-order valence-electron chi connectivity index (χ1n) is 10.8. The van der Waals surface area contributed by atoms with Gasteiger partial charge in [-0.05, 0) is 74.0 Å². The number of rotatable bonds is 8. The molecule has 0 aliphatic carbocycles. The minimum absolute atomic E-state index is 0.0915. The van der Waals surface area contributed by atoms with Crippen molar-refractivity contribution < 1.29 is 9.53 Å². The molecule has 1 saturated heterocycles. The van der Waals surface area contributed by atoms with Gasteiger partial charge in [0.2, 0.25) is 0 Å². The summed E-state index contributed by atoms with van der Waals surface area (Å²) in [5.41, 5.74) is 4.70. The molecule has 1 amide bonds. The van der Waals surface area contributed by atoms with Crippen molar-refractivity contribution in [3.05, 3.63) is 64.7 Å². The Morgan fingerprint density at radius 1 is 1.07 bits per heavy atom. The molecule has 0 spiro atoms. The molecule has 1 aliphatic heterocycles. The van der Waals surface area contributed by atoms with E-state index in [9.17, 15) is 4.79 Å². The number of benzene rings is 2. The maximum absolute atomic E-state index is 12.6. The first-order chi connectivity index (χ1) is 13.9. The predicted octanol–water partition coefficient (Wildman–Crippen LogP) is 4.80. The van der Waals surface area contributed by atoms with Gasteiger partial charge in [0.15, 0.2) is 6.10 Å².